The fourth-order valence-electron chi connectivity index (χ4n) is 3.39. The minimum absolute atomic E-state index is 0.0173. The lowest BCUT2D eigenvalue weighted by molar-refractivity contribution is -0.384. The number of benzene rings is 3. The summed E-state index contributed by atoms with van der Waals surface area (Å²) in [5, 5.41) is 15.3. The van der Waals surface area contributed by atoms with Crippen LogP contribution < -0.4 is 14.9 Å². The van der Waals surface area contributed by atoms with E-state index >= 15 is 0 Å². The van der Waals surface area contributed by atoms with Crippen molar-refractivity contribution in [1.29, 1.82) is 0 Å². The lowest BCUT2D eigenvalue weighted by Gasteiger charge is -2.13. The van der Waals surface area contributed by atoms with Gasteiger partial charge in [-0.25, -0.2) is 5.43 Å². The van der Waals surface area contributed by atoms with Crippen LogP contribution in [0.4, 0.5) is 5.69 Å². The molecule has 0 saturated carbocycles. The Labute approximate surface area is 208 Å². The van der Waals surface area contributed by atoms with Crippen LogP contribution >= 0.6 is 15.9 Å². The zero-order valence-electron chi connectivity index (χ0n) is 18.8. The van der Waals surface area contributed by atoms with Crippen LogP contribution in [0.25, 0.3) is 11.0 Å². The number of methoxy groups -OCH3 is 1. The van der Waals surface area contributed by atoms with Gasteiger partial charge in [0, 0.05) is 17.5 Å². The van der Waals surface area contributed by atoms with E-state index in [1.165, 1.54) is 37.6 Å². The maximum atomic E-state index is 12.4. The third kappa shape index (κ3) is 5.67. The summed E-state index contributed by atoms with van der Waals surface area (Å²) in [6.45, 7) is 2.40. The van der Waals surface area contributed by atoms with Crippen molar-refractivity contribution in [3.8, 4) is 11.5 Å². The lowest BCUT2D eigenvalue weighted by Crippen LogP contribution is -2.16. The lowest BCUT2D eigenvalue weighted by atomic mass is 10.1. The molecule has 178 valence electrons. The van der Waals surface area contributed by atoms with Crippen molar-refractivity contribution in [1.82, 2.24) is 5.43 Å². The molecule has 35 heavy (non-hydrogen) atoms. The molecule has 9 nitrogen and oxygen atoms in total. The van der Waals surface area contributed by atoms with Gasteiger partial charge in [0.15, 0.2) is 17.3 Å². The Kier molecular flexibility index (Phi) is 7.11. The van der Waals surface area contributed by atoms with Crippen LogP contribution in [0.5, 0.6) is 11.5 Å². The van der Waals surface area contributed by atoms with E-state index in [1.54, 1.807) is 12.1 Å². The van der Waals surface area contributed by atoms with Crippen molar-refractivity contribution in [3.05, 3.63) is 97.7 Å². The van der Waals surface area contributed by atoms with Crippen molar-refractivity contribution < 1.29 is 23.6 Å². The average Bonchev–Trinajstić information content (AvgIpc) is 3.26. The molecule has 0 bridgehead atoms. The number of carbonyl (C=O) groups excluding carboxylic acids is 1. The molecule has 4 aromatic rings. The quantitative estimate of drug-likeness (QED) is 0.173. The molecule has 4 rings (SSSR count). The van der Waals surface area contributed by atoms with E-state index in [1.807, 2.05) is 31.2 Å². The van der Waals surface area contributed by atoms with Gasteiger partial charge in [0.2, 0.25) is 0 Å². The number of nitrogens with zero attached hydrogens (tertiary/aromatic N) is 2. The predicted molar refractivity (Wildman–Crippen MR) is 134 cm³/mol. The van der Waals surface area contributed by atoms with Crippen LogP contribution in [-0.4, -0.2) is 24.2 Å². The highest BCUT2D eigenvalue weighted by Crippen LogP contribution is 2.37. The van der Waals surface area contributed by atoms with Gasteiger partial charge in [-0.2, -0.15) is 5.10 Å². The molecule has 0 spiro atoms. The van der Waals surface area contributed by atoms with E-state index in [0.717, 1.165) is 11.1 Å². The Morgan fingerprint density at radius 1 is 1.20 bits per heavy atom. The second kappa shape index (κ2) is 10.4. The second-order valence-corrected chi connectivity index (χ2v) is 8.46. The van der Waals surface area contributed by atoms with E-state index in [0.29, 0.717) is 39.1 Å². The number of hydrazone groups is 1. The number of amides is 1. The molecule has 0 aliphatic heterocycles. The number of hydrogen-bond donors (Lipinski definition) is 1. The number of hydrogen-bond acceptors (Lipinski definition) is 7. The van der Waals surface area contributed by atoms with Crippen LogP contribution in [-0.2, 0) is 6.61 Å². The van der Waals surface area contributed by atoms with Crippen molar-refractivity contribution >= 4 is 44.7 Å². The molecule has 0 aliphatic rings. The topological polar surface area (TPSA) is 116 Å². The number of carbonyl (C=O) groups is 1. The smallest absolute Gasteiger partial charge is 0.307 e. The molecule has 3 aromatic carbocycles. The van der Waals surface area contributed by atoms with Crippen molar-refractivity contribution in [2.45, 2.75) is 13.5 Å². The van der Waals surface area contributed by atoms with E-state index < -0.39 is 10.8 Å². The average molecular weight is 538 g/mol. The van der Waals surface area contributed by atoms with Crippen molar-refractivity contribution in [2.24, 2.45) is 5.10 Å². The number of halogens is 1. The minimum atomic E-state index is -0.593. The molecule has 0 fully saturated rings. The van der Waals surface area contributed by atoms with Gasteiger partial charge in [0.25, 0.3) is 5.69 Å². The van der Waals surface area contributed by atoms with Gasteiger partial charge in [-0.05, 0) is 58.2 Å². The molecular weight excluding hydrogens is 518 g/mol. The van der Waals surface area contributed by atoms with Crippen LogP contribution in [0.1, 0.15) is 27.2 Å². The Morgan fingerprint density at radius 3 is 2.77 bits per heavy atom. The Morgan fingerprint density at radius 2 is 2.03 bits per heavy atom. The van der Waals surface area contributed by atoms with Crippen molar-refractivity contribution in [2.75, 3.05) is 7.11 Å². The van der Waals surface area contributed by atoms with Crippen molar-refractivity contribution in [3.63, 3.8) is 0 Å². The molecule has 10 heteroatoms. The summed E-state index contributed by atoms with van der Waals surface area (Å²) in [7, 11) is 1.54. The number of non-ortho nitro benzene ring substituents is 1. The molecule has 1 N–H and O–H groups in total. The normalized spacial score (nSPS) is 11.1. The van der Waals surface area contributed by atoms with Gasteiger partial charge in [0.05, 0.1) is 22.7 Å². The summed E-state index contributed by atoms with van der Waals surface area (Å²) in [6, 6.07) is 17.1. The molecule has 0 unspecified atom stereocenters. The van der Waals surface area contributed by atoms with E-state index in [2.05, 4.69) is 26.5 Å². The number of furan rings is 1. The zero-order valence-corrected chi connectivity index (χ0v) is 20.4. The first-order valence-corrected chi connectivity index (χ1v) is 11.2. The molecule has 0 aliphatic carbocycles. The third-order valence-electron chi connectivity index (χ3n) is 5.03. The Bertz CT molecular complexity index is 1450. The number of nitro groups is 1. The fraction of sp³-hybridized carbons (Fsp3) is 0.120. The summed E-state index contributed by atoms with van der Waals surface area (Å²) in [5.74, 6) is 0.436. The summed E-state index contributed by atoms with van der Waals surface area (Å²) < 4.78 is 17.6. The minimum Gasteiger partial charge on any atom is -0.493 e. The largest absolute Gasteiger partial charge is 0.493 e. The number of rotatable bonds is 8. The summed E-state index contributed by atoms with van der Waals surface area (Å²) >= 11 is 3.50. The maximum absolute atomic E-state index is 12.4. The number of aryl methyl sites for hydroxylation is 1. The summed E-state index contributed by atoms with van der Waals surface area (Å²) in [5.41, 5.74) is 5.49. The van der Waals surface area contributed by atoms with Crippen LogP contribution in [0.2, 0.25) is 0 Å². The number of fused-ring (bicyclic) bond motifs is 1. The summed E-state index contributed by atoms with van der Waals surface area (Å²) in [4.78, 5) is 22.8. The SMILES string of the molecule is COc1cc(/C=N\NC(=O)c2cc3cc([N+](=O)[O-])ccc3o2)cc(Br)c1OCc1cccc(C)c1. The van der Waals surface area contributed by atoms with Gasteiger partial charge in [0.1, 0.15) is 12.2 Å². The highest BCUT2D eigenvalue weighted by atomic mass is 79.9. The molecule has 0 saturated heterocycles. The monoisotopic (exact) mass is 537 g/mol. The van der Waals surface area contributed by atoms with Gasteiger partial charge < -0.3 is 13.9 Å². The number of nitro benzene ring substituents is 1. The first-order valence-electron chi connectivity index (χ1n) is 10.4. The number of ether oxygens (including phenoxy) is 2. The van der Waals surface area contributed by atoms with Gasteiger partial charge in [-0.3, -0.25) is 14.9 Å². The molecule has 1 aromatic heterocycles. The second-order valence-electron chi connectivity index (χ2n) is 7.60. The predicted octanol–water partition coefficient (Wildman–Crippen LogP) is 5.76. The first-order chi connectivity index (χ1) is 16.8. The van der Waals surface area contributed by atoms with E-state index in [9.17, 15) is 14.9 Å². The van der Waals surface area contributed by atoms with Gasteiger partial charge >= 0.3 is 5.91 Å². The molecule has 0 atom stereocenters. The highest BCUT2D eigenvalue weighted by molar-refractivity contribution is 9.10. The molecule has 1 amide bonds. The third-order valence-corrected chi connectivity index (χ3v) is 5.62. The zero-order chi connectivity index (χ0) is 24.9. The maximum Gasteiger partial charge on any atom is 0.307 e. The number of nitrogens with one attached hydrogen (secondary N) is 1. The Balaban J connectivity index is 1.44. The fourth-order valence-corrected chi connectivity index (χ4v) is 3.96. The van der Waals surface area contributed by atoms with E-state index in [-0.39, 0.29) is 11.4 Å². The van der Waals surface area contributed by atoms with Crippen LogP contribution in [0, 0.1) is 17.0 Å². The highest BCUT2D eigenvalue weighted by Gasteiger charge is 2.15. The molecule has 0 radical (unpaired) electrons. The van der Waals surface area contributed by atoms with Crippen LogP contribution in [0.3, 0.4) is 0 Å². The van der Waals surface area contributed by atoms with Gasteiger partial charge in [-0.1, -0.05) is 29.8 Å². The molecular formula is C25H20BrN3O6. The van der Waals surface area contributed by atoms with Gasteiger partial charge in [-0.15, -0.1) is 0 Å². The standard InChI is InChI=1S/C25H20BrN3O6/c1-15-4-3-5-16(8-15)14-34-24-20(26)9-17(10-22(24)33-2)13-27-28-25(30)23-12-18-11-19(29(31)32)6-7-21(18)35-23/h3-13H,14H2,1-2H3,(H,28,30)/b27-13-. The van der Waals surface area contributed by atoms with Crippen LogP contribution in [0.15, 0.2) is 74.7 Å². The van der Waals surface area contributed by atoms with E-state index in [4.69, 9.17) is 13.9 Å². The Hall–Kier alpha value is -4.18. The molecule has 1 heterocycles. The first kappa shape index (κ1) is 24.0. The summed E-state index contributed by atoms with van der Waals surface area (Å²) in [6.07, 6.45) is 1.45.